The van der Waals surface area contributed by atoms with Crippen LogP contribution in [0.2, 0.25) is 0 Å². The van der Waals surface area contributed by atoms with E-state index in [2.05, 4.69) is 42.0 Å². The SMILES string of the molecule is Cc1cc(CN(Cc2ccc(N)cc2)C(C)C)n(C)n1. The molecule has 4 heteroatoms. The smallest absolute Gasteiger partial charge is 0.0597 e. The first-order valence-electron chi connectivity index (χ1n) is 7.03. The number of benzene rings is 1. The molecule has 0 saturated carbocycles. The first-order chi connectivity index (χ1) is 9.45. The van der Waals surface area contributed by atoms with Gasteiger partial charge in [0.15, 0.2) is 0 Å². The molecule has 0 atom stereocenters. The van der Waals surface area contributed by atoms with Crippen molar-refractivity contribution in [1.29, 1.82) is 0 Å². The van der Waals surface area contributed by atoms with Gasteiger partial charge in [-0.05, 0) is 44.5 Å². The van der Waals surface area contributed by atoms with Gasteiger partial charge in [0.2, 0.25) is 0 Å². The van der Waals surface area contributed by atoms with Gasteiger partial charge in [0.25, 0.3) is 0 Å². The van der Waals surface area contributed by atoms with Crippen LogP contribution in [0.1, 0.15) is 30.8 Å². The third kappa shape index (κ3) is 3.61. The van der Waals surface area contributed by atoms with Crippen LogP contribution in [0.25, 0.3) is 0 Å². The molecule has 0 bridgehead atoms. The van der Waals surface area contributed by atoms with E-state index in [-0.39, 0.29) is 0 Å². The number of hydrogen-bond donors (Lipinski definition) is 1. The van der Waals surface area contributed by atoms with Gasteiger partial charge in [0.1, 0.15) is 0 Å². The second-order valence-electron chi connectivity index (χ2n) is 5.64. The van der Waals surface area contributed by atoms with E-state index in [1.807, 2.05) is 30.8 Å². The predicted molar refractivity (Wildman–Crippen MR) is 83.2 cm³/mol. The Morgan fingerprint density at radius 1 is 1.20 bits per heavy atom. The van der Waals surface area contributed by atoms with Crippen LogP contribution in [0.4, 0.5) is 5.69 Å². The van der Waals surface area contributed by atoms with Gasteiger partial charge in [-0.15, -0.1) is 0 Å². The van der Waals surface area contributed by atoms with Crippen molar-refractivity contribution >= 4 is 5.69 Å². The van der Waals surface area contributed by atoms with Gasteiger partial charge < -0.3 is 5.73 Å². The van der Waals surface area contributed by atoms with E-state index in [1.165, 1.54) is 11.3 Å². The molecule has 0 aliphatic heterocycles. The molecule has 4 nitrogen and oxygen atoms in total. The Balaban J connectivity index is 2.11. The topological polar surface area (TPSA) is 47.1 Å². The number of hydrogen-bond acceptors (Lipinski definition) is 3. The summed E-state index contributed by atoms with van der Waals surface area (Å²) in [4.78, 5) is 2.43. The number of rotatable bonds is 5. The number of aryl methyl sites for hydroxylation is 2. The van der Waals surface area contributed by atoms with Crippen molar-refractivity contribution in [2.75, 3.05) is 5.73 Å². The van der Waals surface area contributed by atoms with Crippen molar-refractivity contribution < 1.29 is 0 Å². The lowest BCUT2D eigenvalue weighted by Gasteiger charge is -2.26. The molecule has 0 aliphatic carbocycles. The summed E-state index contributed by atoms with van der Waals surface area (Å²) in [5.74, 6) is 0. The van der Waals surface area contributed by atoms with Crippen LogP contribution < -0.4 is 5.73 Å². The molecule has 20 heavy (non-hydrogen) atoms. The number of anilines is 1. The van der Waals surface area contributed by atoms with Gasteiger partial charge in [0, 0.05) is 31.9 Å². The standard InChI is InChI=1S/C16H24N4/c1-12(2)20(10-14-5-7-15(17)8-6-14)11-16-9-13(3)18-19(16)4/h5-9,12H,10-11,17H2,1-4H3. The summed E-state index contributed by atoms with van der Waals surface area (Å²) in [6, 6.07) is 10.7. The lowest BCUT2D eigenvalue weighted by Crippen LogP contribution is -2.30. The fourth-order valence-electron chi connectivity index (χ4n) is 2.30. The Labute approximate surface area is 121 Å². The van der Waals surface area contributed by atoms with Crippen LogP contribution in [-0.2, 0) is 20.1 Å². The molecule has 0 amide bonds. The second kappa shape index (κ2) is 6.09. The lowest BCUT2D eigenvalue weighted by atomic mass is 10.1. The van der Waals surface area contributed by atoms with Gasteiger partial charge in [-0.1, -0.05) is 12.1 Å². The third-order valence-corrected chi connectivity index (χ3v) is 3.56. The fourth-order valence-corrected chi connectivity index (χ4v) is 2.30. The molecule has 0 unspecified atom stereocenters. The van der Waals surface area contributed by atoms with Crippen LogP contribution >= 0.6 is 0 Å². The largest absolute Gasteiger partial charge is 0.399 e. The van der Waals surface area contributed by atoms with Gasteiger partial charge in [-0.25, -0.2) is 0 Å². The highest BCUT2D eigenvalue weighted by Crippen LogP contribution is 2.14. The monoisotopic (exact) mass is 272 g/mol. The molecule has 0 radical (unpaired) electrons. The highest BCUT2D eigenvalue weighted by molar-refractivity contribution is 5.39. The van der Waals surface area contributed by atoms with E-state index in [9.17, 15) is 0 Å². The minimum absolute atomic E-state index is 0.475. The van der Waals surface area contributed by atoms with Gasteiger partial charge >= 0.3 is 0 Å². The predicted octanol–water partition coefficient (Wildman–Crippen LogP) is 2.72. The van der Waals surface area contributed by atoms with Crippen molar-refractivity contribution in [3.63, 3.8) is 0 Å². The average molecular weight is 272 g/mol. The van der Waals surface area contributed by atoms with Crippen LogP contribution in [0, 0.1) is 6.92 Å². The highest BCUT2D eigenvalue weighted by atomic mass is 15.3. The van der Waals surface area contributed by atoms with E-state index in [4.69, 9.17) is 5.73 Å². The zero-order valence-corrected chi connectivity index (χ0v) is 12.8. The molecule has 0 spiro atoms. The van der Waals surface area contributed by atoms with E-state index in [1.54, 1.807) is 0 Å². The molecule has 108 valence electrons. The summed E-state index contributed by atoms with van der Waals surface area (Å²) < 4.78 is 1.97. The van der Waals surface area contributed by atoms with Gasteiger partial charge in [0.05, 0.1) is 11.4 Å². The van der Waals surface area contributed by atoms with E-state index >= 15 is 0 Å². The Morgan fingerprint density at radius 3 is 2.35 bits per heavy atom. The molecular formula is C16H24N4. The summed E-state index contributed by atoms with van der Waals surface area (Å²) in [5, 5.41) is 4.42. The van der Waals surface area contributed by atoms with Crippen molar-refractivity contribution in [1.82, 2.24) is 14.7 Å². The Kier molecular flexibility index (Phi) is 4.45. The van der Waals surface area contributed by atoms with Gasteiger partial charge in [-0.2, -0.15) is 5.10 Å². The number of nitrogen functional groups attached to an aromatic ring is 1. The first-order valence-corrected chi connectivity index (χ1v) is 7.03. The molecule has 1 heterocycles. The van der Waals surface area contributed by atoms with Crippen LogP contribution in [0.15, 0.2) is 30.3 Å². The zero-order chi connectivity index (χ0) is 14.7. The van der Waals surface area contributed by atoms with Crippen LogP contribution in [-0.4, -0.2) is 20.7 Å². The summed E-state index contributed by atoms with van der Waals surface area (Å²) >= 11 is 0. The summed E-state index contributed by atoms with van der Waals surface area (Å²) in [5.41, 5.74) is 10.1. The van der Waals surface area contributed by atoms with Crippen LogP contribution in [0.3, 0.4) is 0 Å². The quantitative estimate of drug-likeness (QED) is 0.851. The number of nitrogens with two attached hydrogens (primary N) is 1. The molecule has 2 rings (SSSR count). The summed E-state index contributed by atoms with van der Waals surface area (Å²) in [6.45, 7) is 8.30. The van der Waals surface area contributed by atoms with Crippen molar-refractivity contribution in [2.24, 2.45) is 7.05 Å². The molecule has 2 aromatic rings. The minimum Gasteiger partial charge on any atom is -0.399 e. The Hall–Kier alpha value is -1.81. The number of nitrogens with zero attached hydrogens (tertiary/aromatic N) is 3. The average Bonchev–Trinajstić information content (AvgIpc) is 2.69. The lowest BCUT2D eigenvalue weighted by molar-refractivity contribution is 0.198. The molecule has 2 N–H and O–H groups in total. The van der Waals surface area contributed by atoms with E-state index in [0.717, 1.165) is 24.5 Å². The highest BCUT2D eigenvalue weighted by Gasteiger charge is 2.13. The summed E-state index contributed by atoms with van der Waals surface area (Å²) in [7, 11) is 2.00. The van der Waals surface area contributed by atoms with Crippen LogP contribution in [0.5, 0.6) is 0 Å². The van der Waals surface area contributed by atoms with Gasteiger partial charge in [-0.3, -0.25) is 9.58 Å². The fraction of sp³-hybridized carbons (Fsp3) is 0.438. The maximum atomic E-state index is 5.74. The summed E-state index contributed by atoms with van der Waals surface area (Å²) in [6.07, 6.45) is 0. The normalized spacial score (nSPS) is 11.5. The van der Waals surface area contributed by atoms with E-state index < -0.39 is 0 Å². The molecule has 1 aromatic carbocycles. The third-order valence-electron chi connectivity index (χ3n) is 3.56. The molecule has 0 saturated heterocycles. The minimum atomic E-state index is 0.475. The van der Waals surface area contributed by atoms with E-state index in [0.29, 0.717) is 6.04 Å². The Bertz CT molecular complexity index is 554. The Morgan fingerprint density at radius 2 is 1.85 bits per heavy atom. The first kappa shape index (κ1) is 14.6. The zero-order valence-electron chi connectivity index (χ0n) is 12.8. The van der Waals surface area contributed by atoms with Crippen molar-refractivity contribution in [3.05, 3.63) is 47.3 Å². The van der Waals surface area contributed by atoms with Crippen molar-refractivity contribution in [3.8, 4) is 0 Å². The molecule has 0 aliphatic rings. The second-order valence-corrected chi connectivity index (χ2v) is 5.64. The van der Waals surface area contributed by atoms with Crippen molar-refractivity contribution in [2.45, 2.75) is 39.9 Å². The molecule has 0 fully saturated rings. The molecular weight excluding hydrogens is 248 g/mol. The maximum Gasteiger partial charge on any atom is 0.0597 e. The maximum absolute atomic E-state index is 5.74. The number of aromatic nitrogens is 2. The molecule has 1 aromatic heterocycles.